The Morgan fingerprint density at radius 2 is 1.77 bits per heavy atom. The number of hydrogen-bond acceptors (Lipinski definition) is 5. The number of para-hydroxylation sites is 1. The Labute approximate surface area is 177 Å². The van der Waals surface area contributed by atoms with E-state index in [2.05, 4.69) is 37.8 Å². The second kappa shape index (κ2) is 9.49. The van der Waals surface area contributed by atoms with Gasteiger partial charge >= 0.3 is 6.43 Å². The molecule has 0 radical (unpaired) electrons. The van der Waals surface area contributed by atoms with Gasteiger partial charge in [-0.1, -0.05) is 46.9 Å². The third-order valence-corrected chi connectivity index (χ3v) is 7.30. The number of hydrogen-bond donors (Lipinski definition) is 1. The molecule has 1 N–H and O–H groups in total. The molecule has 1 aliphatic rings. The Morgan fingerprint density at radius 3 is 2.40 bits per heavy atom. The van der Waals surface area contributed by atoms with Crippen LogP contribution >= 0.6 is 10.7 Å². The molecule has 0 aliphatic carbocycles. The minimum atomic E-state index is -2.77. The van der Waals surface area contributed by atoms with E-state index in [1.54, 1.807) is 0 Å². The van der Waals surface area contributed by atoms with E-state index in [0.717, 1.165) is 37.2 Å². The highest BCUT2D eigenvalue weighted by Crippen LogP contribution is 2.36. The minimum Gasteiger partial charge on any atom is -0.415 e. The van der Waals surface area contributed by atoms with Gasteiger partial charge in [-0.05, 0) is 55.8 Å². The number of piperidine rings is 1. The molecule has 0 amide bonds. The van der Waals surface area contributed by atoms with Crippen molar-refractivity contribution in [2.75, 3.05) is 17.4 Å². The van der Waals surface area contributed by atoms with Crippen LogP contribution in [-0.2, 0) is 6.54 Å². The number of alkyl halides is 2. The molecule has 4 rings (SSSR count). The van der Waals surface area contributed by atoms with Gasteiger partial charge in [-0.25, -0.2) is 0 Å². The van der Waals surface area contributed by atoms with E-state index in [9.17, 15) is 8.78 Å². The lowest BCUT2D eigenvalue weighted by Crippen LogP contribution is -2.33. The van der Waals surface area contributed by atoms with Gasteiger partial charge in [0.15, 0.2) is 0 Å². The zero-order valence-corrected chi connectivity index (χ0v) is 17.3. The Bertz CT molecular complexity index is 972. The molecule has 1 aromatic heterocycles. The fourth-order valence-electron chi connectivity index (χ4n) is 3.51. The summed E-state index contributed by atoms with van der Waals surface area (Å²) in [6.45, 7) is 2.78. The van der Waals surface area contributed by atoms with E-state index in [0.29, 0.717) is 17.4 Å². The van der Waals surface area contributed by atoms with E-state index in [-0.39, 0.29) is 16.6 Å². The highest BCUT2D eigenvalue weighted by atomic mass is 32.2. The van der Waals surface area contributed by atoms with Gasteiger partial charge in [0, 0.05) is 16.5 Å². The number of rotatable bonds is 7. The zero-order valence-electron chi connectivity index (χ0n) is 16.5. The molecule has 1 aliphatic heterocycles. The van der Waals surface area contributed by atoms with Gasteiger partial charge in [0.25, 0.3) is 5.89 Å². The topological polar surface area (TPSA) is 54.2 Å². The summed E-state index contributed by atoms with van der Waals surface area (Å²) in [5.41, 5.74) is 2.87. The van der Waals surface area contributed by atoms with Crippen LogP contribution in [0.1, 0.15) is 30.7 Å². The first kappa shape index (κ1) is 20.7. The molecule has 3 aromatic rings. The summed E-state index contributed by atoms with van der Waals surface area (Å²) in [7, 11) is -0.170. The third-order valence-electron chi connectivity index (χ3n) is 5.15. The first-order valence-corrected chi connectivity index (χ1v) is 11.3. The van der Waals surface area contributed by atoms with Crippen molar-refractivity contribution in [2.45, 2.75) is 31.1 Å². The predicted molar refractivity (Wildman–Crippen MR) is 118 cm³/mol. The van der Waals surface area contributed by atoms with Crippen LogP contribution in [0.3, 0.4) is 0 Å². The number of anilines is 1. The molecule has 1 fully saturated rings. The molecule has 1 atom stereocenters. The quantitative estimate of drug-likeness (QED) is 0.532. The van der Waals surface area contributed by atoms with Crippen molar-refractivity contribution in [3.63, 3.8) is 0 Å². The molecule has 8 heteroatoms. The van der Waals surface area contributed by atoms with Crippen molar-refractivity contribution >= 4 is 22.2 Å². The van der Waals surface area contributed by atoms with Crippen molar-refractivity contribution in [2.24, 2.45) is 0 Å². The van der Waals surface area contributed by atoms with Gasteiger partial charge in [0.05, 0.1) is 6.54 Å². The van der Waals surface area contributed by atoms with Crippen molar-refractivity contribution < 1.29 is 13.2 Å². The average molecular weight is 431 g/mol. The highest BCUT2D eigenvalue weighted by Gasteiger charge is 2.21. The highest BCUT2D eigenvalue weighted by molar-refractivity contribution is 8.15. The first-order valence-electron chi connectivity index (χ1n) is 9.89. The molecule has 0 spiro atoms. The second-order valence-electron chi connectivity index (χ2n) is 7.17. The molecule has 5 nitrogen and oxygen atoms in total. The van der Waals surface area contributed by atoms with Gasteiger partial charge < -0.3 is 14.0 Å². The number of benzene rings is 2. The fraction of sp³-hybridized carbons (Fsp3) is 0.318. The number of aromatic nitrogens is 2. The van der Waals surface area contributed by atoms with Crippen LogP contribution in [0.4, 0.5) is 14.5 Å². The number of halogens is 2. The lowest BCUT2D eigenvalue weighted by molar-refractivity contribution is 0.116. The van der Waals surface area contributed by atoms with E-state index >= 15 is 0 Å². The molecule has 2 aromatic carbocycles. The summed E-state index contributed by atoms with van der Waals surface area (Å²) in [6, 6.07) is 17.9. The summed E-state index contributed by atoms with van der Waals surface area (Å²) < 4.78 is 32.8. The summed E-state index contributed by atoms with van der Waals surface area (Å²) in [6.07, 6.45) is -0.522. The third kappa shape index (κ3) is 4.76. The molecule has 0 saturated carbocycles. The Hall–Kier alpha value is -2.58. The molecule has 0 bridgehead atoms. The van der Waals surface area contributed by atoms with Crippen LogP contribution in [0, 0.1) is 0 Å². The van der Waals surface area contributed by atoms with E-state index < -0.39 is 12.3 Å². The van der Waals surface area contributed by atoms with Crippen molar-refractivity contribution in [1.29, 1.82) is 0 Å². The van der Waals surface area contributed by atoms with Crippen LogP contribution < -0.4 is 9.62 Å². The second-order valence-corrected chi connectivity index (χ2v) is 9.08. The molecule has 1 unspecified atom stereocenters. The van der Waals surface area contributed by atoms with Crippen molar-refractivity contribution in [1.82, 2.24) is 15.5 Å². The fourth-order valence-corrected chi connectivity index (χ4v) is 5.36. The van der Waals surface area contributed by atoms with Crippen LogP contribution in [0.15, 0.2) is 59.0 Å². The normalized spacial score (nSPS) is 16.0. The zero-order chi connectivity index (χ0) is 20.9. The minimum absolute atomic E-state index is 0.100. The maximum absolute atomic E-state index is 12.7. The Balaban J connectivity index is 1.54. The lowest BCUT2D eigenvalue weighted by atomic mass is 10.1. The molecule has 1 saturated heterocycles. The maximum atomic E-state index is 12.7. The van der Waals surface area contributed by atoms with Crippen molar-refractivity contribution in [3.05, 3.63) is 66.1 Å². The van der Waals surface area contributed by atoms with Gasteiger partial charge in [-0.2, -0.15) is 8.78 Å². The molecular weight excluding hydrogens is 406 g/mol. The van der Waals surface area contributed by atoms with E-state index in [4.69, 9.17) is 4.42 Å². The predicted octanol–water partition coefficient (Wildman–Crippen LogP) is 5.05. The summed E-state index contributed by atoms with van der Waals surface area (Å²) in [5.74, 6) is 3.98. The van der Waals surface area contributed by atoms with Crippen LogP contribution in [0.25, 0.3) is 11.5 Å². The van der Waals surface area contributed by atoms with Gasteiger partial charge in [0.2, 0.25) is 5.89 Å². The lowest BCUT2D eigenvalue weighted by Gasteiger charge is -2.35. The SMILES string of the molecule is C=S(C1CCNCC1)N(Cc1ccc(-c2nnc(C(F)F)o2)cc1)c1ccccc1. The van der Waals surface area contributed by atoms with Crippen LogP contribution in [0.2, 0.25) is 0 Å². The van der Waals surface area contributed by atoms with Crippen LogP contribution in [-0.4, -0.2) is 34.4 Å². The molecule has 158 valence electrons. The smallest absolute Gasteiger partial charge is 0.314 e. The Kier molecular flexibility index (Phi) is 6.54. The van der Waals surface area contributed by atoms with Gasteiger partial charge in [-0.3, -0.25) is 0 Å². The largest absolute Gasteiger partial charge is 0.415 e. The van der Waals surface area contributed by atoms with E-state index in [1.807, 2.05) is 42.5 Å². The first-order chi connectivity index (χ1) is 14.6. The summed E-state index contributed by atoms with van der Waals surface area (Å²) in [5, 5.41) is 11.1. The average Bonchev–Trinajstić information content (AvgIpc) is 3.29. The van der Waals surface area contributed by atoms with E-state index in [1.165, 1.54) is 0 Å². The standard InChI is InChI=1S/C22H24F2N4OS/c1-30(19-11-13-25-14-12-19)28(18-5-3-2-4-6-18)15-16-7-9-17(10-8-16)21-26-27-22(29-21)20(23)24/h2-10,19-20,25H,1,11-15H2. The molecular formula is C22H24F2N4OS. The number of nitrogens with one attached hydrogen (secondary N) is 1. The number of nitrogens with zero attached hydrogens (tertiary/aromatic N) is 3. The summed E-state index contributed by atoms with van der Waals surface area (Å²) in [4.78, 5) is 0. The summed E-state index contributed by atoms with van der Waals surface area (Å²) >= 11 is 0. The molecule has 30 heavy (non-hydrogen) atoms. The van der Waals surface area contributed by atoms with Gasteiger partial charge in [-0.15, -0.1) is 10.2 Å². The van der Waals surface area contributed by atoms with Gasteiger partial charge in [0.1, 0.15) is 0 Å². The Morgan fingerprint density at radius 1 is 1.07 bits per heavy atom. The monoisotopic (exact) mass is 430 g/mol. The maximum Gasteiger partial charge on any atom is 0.314 e. The van der Waals surface area contributed by atoms with Crippen LogP contribution in [0.5, 0.6) is 0 Å². The molecule has 2 heterocycles. The van der Waals surface area contributed by atoms with Crippen molar-refractivity contribution in [3.8, 4) is 11.5 Å².